The molecule has 1 radical (unpaired) electrons. The predicted octanol–water partition coefficient (Wildman–Crippen LogP) is 4.13. The minimum Gasteiger partial charge on any atom is 0 e. The largest absolute Gasteiger partial charge is 0 e. The average Bonchev–Trinajstić information content (AvgIpc) is 3.24. The predicted molar refractivity (Wildman–Crippen MR) is 129 cm³/mol. The molecule has 0 aliphatic rings. The molecular formula is C26H23N2O4SeY-. The van der Waals surface area contributed by atoms with Gasteiger partial charge in [-0.2, -0.15) is 0 Å². The first-order valence-corrected chi connectivity index (χ1v) is 12.6. The summed E-state index contributed by atoms with van der Waals surface area (Å²) in [7, 11) is 0. The van der Waals surface area contributed by atoms with Crippen molar-refractivity contribution < 1.29 is 51.5 Å². The van der Waals surface area contributed by atoms with Crippen molar-refractivity contribution in [2.75, 3.05) is 6.54 Å². The standard InChI is InChI=1S/C26H23N2O4Se.Y/c27-21(26(30)28-15-23(29)31-16-18-9-3-1-4-10-18)17-33-25-20-13-7-8-14-22(20)32-24(25)19-11-5-2-6-12-19;/h1-14,21,27H,15-17H2,(H,28,30);/q-1;/t21-;/m0./s1. The number of ether oxygens (including phenoxy) is 1. The molecule has 4 aromatic rings. The van der Waals surface area contributed by atoms with Crippen LogP contribution in [0.4, 0.5) is 0 Å². The fraction of sp³-hybridized carbons (Fsp3) is 0.154. The Labute approximate surface area is 229 Å². The summed E-state index contributed by atoms with van der Waals surface area (Å²) in [5, 5.41) is 3.89. The van der Waals surface area contributed by atoms with Crippen LogP contribution in [0.25, 0.3) is 28.0 Å². The van der Waals surface area contributed by atoms with Crippen molar-refractivity contribution in [2.45, 2.75) is 18.0 Å². The number of benzene rings is 3. The Morgan fingerprint density at radius 2 is 1.59 bits per heavy atom. The molecule has 0 aliphatic heterocycles. The van der Waals surface area contributed by atoms with Crippen LogP contribution in [0.2, 0.25) is 5.32 Å². The van der Waals surface area contributed by atoms with Gasteiger partial charge in [-0.15, -0.1) is 0 Å². The second-order valence-corrected chi connectivity index (χ2v) is 9.51. The molecular weight excluding hydrogens is 572 g/mol. The number of nitrogens with one attached hydrogen (secondary N) is 2. The molecule has 0 saturated heterocycles. The summed E-state index contributed by atoms with van der Waals surface area (Å²) in [6, 6.07) is 26.0. The van der Waals surface area contributed by atoms with Gasteiger partial charge >= 0.3 is 198 Å². The summed E-state index contributed by atoms with van der Waals surface area (Å²) in [4.78, 5) is 24.3. The number of carbonyl (C=O) groups is 2. The van der Waals surface area contributed by atoms with E-state index in [2.05, 4.69) is 5.32 Å². The summed E-state index contributed by atoms with van der Waals surface area (Å²) in [5.74, 6) is -0.228. The minimum absolute atomic E-state index is 0. The van der Waals surface area contributed by atoms with Crippen LogP contribution in [0.15, 0.2) is 89.3 Å². The Hall–Kier alpha value is -2.28. The van der Waals surface area contributed by atoms with Gasteiger partial charge in [0, 0.05) is 32.7 Å². The minimum atomic E-state index is -0.982. The quantitative estimate of drug-likeness (QED) is 0.233. The Morgan fingerprint density at radius 1 is 0.941 bits per heavy atom. The van der Waals surface area contributed by atoms with Crippen molar-refractivity contribution in [1.29, 1.82) is 0 Å². The van der Waals surface area contributed by atoms with Crippen LogP contribution >= 0.6 is 0 Å². The van der Waals surface area contributed by atoms with Gasteiger partial charge < -0.3 is 0 Å². The van der Waals surface area contributed by atoms with Crippen LogP contribution in [0.1, 0.15) is 5.56 Å². The van der Waals surface area contributed by atoms with Crippen LogP contribution in [0.3, 0.4) is 0 Å². The van der Waals surface area contributed by atoms with Gasteiger partial charge in [-0.05, 0) is 0 Å². The van der Waals surface area contributed by atoms with Gasteiger partial charge in [0.05, 0.1) is 0 Å². The maximum Gasteiger partial charge on any atom is 0 e. The van der Waals surface area contributed by atoms with Crippen molar-refractivity contribution in [1.82, 2.24) is 5.32 Å². The van der Waals surface area contributed by atoms with Gasteiger partial charge in [0.25, 0.3) is 0 Å². The van der Waals surface area contributed by atoms with Gasteiger partial charge in [-0.3, -0.25) is 0 Å². The smallest absolute Gasteiger partial charge is 0 e. The zero-order valence-electron chi connectivity index (χ0n) is 18.4. The first-order chi connectivity index (χ1) is 16.1. The number of furan rings is 1. The summed E-state index contributed by atoms with van der Waals surface area (Å²) in [6.45, 7) is -0.100. The van der Waals surface area contributed by atoms with E-state index in [9.17, 15) is 9.59 Å². The third-order valence-electron chi connectivity index (χ3n) is 4.95. The van der Waals surface area contributed by atoms with E-state index in [1.165, 1.54) is 0 Å². The van der Waals surface area contributed by atoms with Crippen LogP contribution in [-0.4, -0.2) is 39.4 Å². The zero-order chi connectivity index (χ0) is 23.0. The number of hydrogen-bond donors (Lipinski definition) is 1. The van der Waals surface area contributed by atoms with Gasteiger partial charge in [0.1, 0.15) is 0 Å². The third kappa shape index (κ3) is 6.88. The normalized spacial score (nSPS) is 11.4. The number of hydrogen-bond acceptors (Lipinski definition) is 4. The van der Waals surface area contributed by atoms with Gasteiger partial charge in [-0.25, -0.2) is 0 Å². The number of para-hydroxylation sites is 1. The van der Waals surface area contributed by atoms with Crippen molar-refractivity contribution in [3.8, 4) is 11.3 Å². The van der Waals surface area contributed by atoms with E-state index in [0.29, 0.717) is 5.32 Å². The maximum absolute atomic E-state index is 12.4. The van der Waals surface area contributed by atoms with Gasteiger partial charge in [-0.1, -0.05) is 0 Å². The number of amides is 1. The molecule has 1 amide bonds. The molecule has 1 aromatic heterocycles. The van der Waals surface area contributed by atoms with Crippen LogP contribution in [0.5, 0.6) is 0 Å². The summed E-state index contributed by atoms with van der Waals surface area (Å²) < 4.78 is 12.3. The first kappa shape index (κ1) is 26.3. The van der Waals surface area contributed by atoms with Crippen LogP contribution in [0, 0.1) is 0 Å². The number of carbonyl (C=O) groups excluding carboxylic acids is 2. The molecule has 0 aliphatic carbocycles. The SMILES string of the molecule is [NH-][C@@H](C[Se]c1c(-c2ccccc2)oc2ccccc12)C(=O)NCC(=O)OCc1ccccc1.[Y]. The molecule has 1 atom stereocenters. The fourth-order valence-electron chi connectivity index (χ4n) is 3.26. The molecule has 2 N–H and O–H groups in total. The monoisotopic (exact) mass is 596 g/mol. The molecule has 8 heteroatoms. The molecule has 4 rings (SSSR count). The molecule has 1 heterocycles. The van der Waals surface area contributed by atoms with E-state index in [1.807, 2.05) is 84.9 Å². The maximum atomic E-state index is 12.4. The Bertz CT molecular complexity index is 1230. The Balaban J connectivity index is 0.00000324. The van der Waals surface area contributed by atoms with Crippen LogP contribution in [-0.2, 0) is 53.6 Å². The Morgan fingerprint density at radius 3 is 2.32 bits per heavy atom. The van der Waals surface area contributed by atoms with E-state index in [1.54, 1.807) is 0 Å². The molecule has 0 spiro atoms. The second kappa shape index (κ2) is 13.0. The van der Waals surface area contributed by atoms with Crippen molar-refractivity contribution in [3.05, 3.63) is 96.2 Å². The summed E-state index contributed by atoms with van der Waals surface area (Å²) in [6.07, 6.45) is 0. The Kier molecular flexibility index (Phi) is 10.1. The van der Waals surface area contributed by atoms with Gasteiger partial charge in [0.15, 0.2) is 0 Å². The molecule has 0 unspecified atom stereocenters. The first-order valence-electron chi connectivity index (χ1n) is 10.5. The van der Waals surface area contributed by atoms with Crippen molar-refractivity contribution in [3.63, 3.8) is 0 Å². The molecule has 171 valence electrons. The fourth-order valence-corrected chi connectivity index (χ4v) is 5.57. The van der Waals surface area contributed by atoms with Crippen LogP contribution < -0.4 is 9.78 Å². The van der Waals surface area contributed by atoms with Crippen molar-refractivity contribution >= 4 is 42.3 Å². The number of fused-ring (bicyclic) bond motifs is 1. The van der Waals surface area contributed by atoms with E-state index >= 15 is 0 Å². The van der Waals surface area contributed by atoms with E-state index < -0.39 is 17.9 Å². The zero-order valence-corrected chi connectivity index (χ0v) is 23.0. The van der Waals surface area contributed by atoms with E-state index in [4.69, 9.17) is 14.9 Å². The van der Waals surface area contributed by atoms with Crippen molar-refractivity contribution in [2.24, 2.45) is 0 Å². The molecule has 6 nitrogen and oxygen atoms in total. The van der Waals surface area contributed by atoms with E-state index in [-0.39, 0.29) is 60.8 Å². The molecule has 3 aromatic carbocycles. The second-order valence-electron chi connectivity index (χ2n) is 7.35. The summed E-state index contributed by atoms with van der Waals surface area (Å²) in [5.41, 5.74) is 10.9. The average molecular weight is 595 g/mol. The molecule has 34 heavy (non-hydrogen) atoms. The van der Waals surface area contributed by atoms with E-state index in [0.717, 1.165) is 32.3 Å². The molecule has 0 bridgehead atoms. The summed E-state index contributed by atoms with van der Waals surface area (Å²) >= 11 is -0.171. The molecule has 0 fully saturated rings. The third-order valence-corrected chi connectivity index (χ3v) is 7.45. The number of rotatable bonds is 9. The number of esters is 1. The van der Waals surface area contributed by atoms with Gasteiger partial charge in [0.2, 0.25) is 0 Å². The molecule has 0 saturated carbocycles. The topological polar surface area (TPSA) is 92.3 Å².